The van der Waals surface area contributed by atoms with Crippen molar-refractivity contribution < 1.29 is 9.53 Å². The third kappa shape index (κ3) is 5.08. The molecule has 0 atom stereocenters. The summed E-state index contributed by atoms with van der Waals surface area (Å²) in [6.07, 6.45) is 8.26. The quantitative estimate of drug-likeness (QED) is 0.854. The number of carbonyl (C=O) groups excluding carboxylic acids is 1. The van der Waals surface area contributed by atoms with Crippen LogP contribution in [-0.2, 0) is 17.6 Å². The summed E-state index contributed by atoms with van der Waals surface area (Å²) in [5, 5.41) is 6.67. The van der Waals surface area contributed by atoms with Crippen molar-refractivity contribution in [2.45, 2.75) is 96.7 Å². The number of ether oxygens (including phenoxy) is 1. The van der Waals surface area contributed by atoms with E-state index in [2.05, 4.69) is 20.6 Å². The highest BCUT2D eigenvalue weighted by atomic mass is 16.6. The summed E-state index contributed by atoms with van der Waals surface area (Å²) in [5.74, 6) is 1.89. The van der Waals surface area contributed by atoms with Crippen LogP contribution in [0.1, 0.15) is 76.4 Å². The van der Waals surface area contributed by atoms with Gasteiger partial charge in [-0.3, -0.25) is 0 Å². The van der Waals surface area contributed by atoms with Crippen molar-refractivity contribution in [3.05, 3.63) is 17.1 Å². The van der Waals surface area contributed by atoms with Crippen molar-refractivity contribution in [3.63, 3.8) is 0 Å². The van der Waals surface area contributed by atoms with E-state index in [9.17, 15) is 4.79 Å². The van der Waals surface area contributed by atoms with Crippen LogP contribution in [0.5, 0.6) is 0 Å². The molecule has 1 aromatic rings. The second kappa shape index (κ2) is 7.80. The smallest absolute Gasteiger partial charge is 0.407 e. The van der Waals surface area contributed by atoms with Gasteiger partial charge < -0.3 is 15.4 Å². The van der Waals surface area contributed by atoms with Gasteiger partial charge in [-0.1, -0.05) is 0 Å². The van der Waals surface area contributed by atoms with Gasteiger partial charge in [0.05, 0.1) is 0 Å². The molecular formula is C20H32N4O2. The normalized spacial score (nSPS) is 23.1. The number of aromatic nitrogens is 2. The van der Waals surface area contributed by atoms with E-state index >= 15 is 0 Å². The largest absolute Gasteiger partial charge is 0.444 e. The summed E-state index contributed by atoms with van der Waals surface area (Å²) >= 11 is 0. The molecule has 1 saturated carbocycles. The maximum absolute atomic E-state index is 11.9. The first kappa shape index (κ1) is 18.9. The lowest BCUT2D eigenvalue weighted by Crippen LogP contribution is -2.42. The van der Waals surface area contributed by atoms with Crippen LogP contribution in [0.15, 0.2) is 0 Å². The molecule has 26 heavy (non-hydrogen) atoms. The van der Waals surface area contributed by atoms with Crippen molar-refractivity contribution in [3.8, 4) is 0 Å². The van der Waals surface area contributed by atoms with Gasteiger partial charge >= 0.3 is 6.09 Å². The van der Waals surface area contributed by atoms with E-state index in [0.29, 0.717) is 6.04 Å². The van der Waals surface area contributed by atoms with Gasteiger partial charge in [-0.2, -0.15) is 0 Å². The first-order valence-corrected chi connectivity index (χ1v) is 9.92. The average molecular weight is 361 g/mol. The minimum atomic E-state index is -0.452. The molecule has 2 N–H and O–H groups in total. The Kier molecular flexibility index (Phi) is 5.68. The molecule has 0 aliphatic heterocycles. The number of nitrogens with one attached hydrogen (secondary N) is 2. The second-order valence-corrected chi connectivity index (χ2v) is 8.59. The summed E-state index contributed by atoms with van der Waals surface area (Å²) in [4.78, 5) is 21.2. The van der Waals surface area contributed by atoms with Crippen molar-refractivity contribution in [1.29, 1.82) is 0 Å². The summed E-state index contributed by atoms with van der Waals surface area (Å²) < 4.78 is 5.36. The van der Waals surface area contributed by atoms with E-state index in [0.717, 1.165) is 50.2 Å². The number of rotatable bonds is 3. The molecule has 1 heterocycles. The minimum absolute atomic E-state index is 0.198. The third-order valence-corrected chi connectivity index (χ3v) is 5.08. The van der Waals surface area contributed by atoms with Crippen LogP contribution in [0.4, 0.5) is 10.6 Å². The summed E-state index contributed by atoms with van der Waals surface area (Å²) in [7, 11) is 0. The molecule has 0 unspecified atom stereocenters. The van der Waals surface area contributed by atoms with Crippen LogP contribution in [0, 0.1) is 6.92 Å². The first-order valence-electron chi connectivity index (χ1n) is 9.92. The topological polar surface area (TPSA) is 76.1 Å². The number of carbonyl (C=O) groups is 1. The van der Waals surface area contributed by atoms with E-state index in [1.54, 1.807) is 0 Å². The Balaban J connectivity index is 1.53. The fourth-order valence-corrected chi connectivity index (χ4v) is 3.89. The average Bonchev–Trinajstić information content (AvgIpc) is 2.55. The third-order valence-electron chi connectivity index (χ3n) is 5.08. The molecule has 3 rings (SSSR count). The zero-order valence-electron chi connectivity index (χ0n) is 16.5. The Morgan fingerprint density at radius 1 is 1.04 bits per heavy atom. The van der Waals surface area contributed by atoms with E-state index in [-0.39, 0.29) is 12.1 Å². The number of aryl methyl sites for hydroxylation is 2. The molecule has 1 aromatic heterocycles. The van der Waals surface area contributed by atoms with Crippen LogP contribution in [0.3, 0.4) is 0 Å². The predicted octanol–water partition coefficient (Wildman–Crippen LogP) is 3.91. The SMILES string of the molecule is Cc1nc2c(c(NC3CCC(NC(=O)OC(C)(C)C)CC3)n1)CCCC2. The number of nitrogens with zero attached hydrogens (tertiary/aromatic N) is 2. The number of hydrogen-bond donors (Lipinski definition) is 2. The molecule has 0 bridgehead atoms. The molecular weight excluding hydrogens is 328 g/mol. The fourth-order valence-electron chi connectivity index (χ4n) is 3.89. The van der Waals surface area contributed by atoms with Crippen molar-refractivity contribution in [2.75, 3.05) is 5.32 Å². The van der Waals surface area contributed by atoms with Crippen LogP contribution in [0.2, 0.25) is 0 Å². The molecule has 0 aromatic carbocycles. The van der Waals surface area contributed by atoms with Gasteiger partial charge in [0.15, 0.2) is 0 Å². The molecule has 2 aliphatic carbocycles. The molecule has 144 valence electrons. The van der Waals surface area contributed by atoms with Crippen LogP contribution >= 0.6 is 0 Å². The Morgan fingerprint density at radius 3 is 2.38 bits per heavy atom. The van der Waals surface area contributed by atoms with Gasteiger partial charge in [0.1, 0.15) is 17.2 Å². The van der Waals surface area contributed by atoms with Gasteiger partial charge in [0.2, 0.25) is 0 Å². The maximum Gasteiger partial charge on any atom is 0.407 e. The number of hydrogen-bond acceptors (Lipinski definition) is 5. The summed E-state index contributed by atoms with van der Waals surface area (Å²) in [6.45, 7) is 7.63. The number of fused-ring (bicyclic) bond motifs is 1. The molecule has 2 aliphatic rings. The first-order chi connectivity index (χ1) is 12.3. The Labute approximate surface area is 156 Å². The highest BCUT2D eigenvalue weighted by Gasteiger charge is 2.26. The van der Waals surface area contributed by atoms with Gasteiger partial charge in [0.25, 0.3) is 0 Å². The predicted molar refractivity (Wildman–Crippen MR) is 102 cm³/mol. The van der Waals surface area contributed by atoms with E-state index in [1.807, 2.05) is 27.7 Å². The van der Waals surface area contributed by atoms with Crippen molar-refractivity contribution in [1.82, 2.24) is 15.3 Å². The fraction of sp³-hybridized carbons (Fsp3) is 0.750. The minimum Gasteiger partial charge on any atom is -0.444 e. The Hall–Kier alpha value is -1.85. The van der Waals surface area contributed by atoms with E-state index in [1.165, 1.54) is 24.1 Å². The molecule has 0 spiro atoms. The van der Waals surface area contributed by atoms with Crippen LogP contribution in [0.25, 0.3) is 0 Å². The highest BCUT2D eigenvalue weighted by molar-refractivity contribution is 5.68. The summed E-state index contributed by atoms with van der Waals surface area (Å²) in [6, 6.07) is 0.607. The summed E-state index contributed by atoms with van der Waals surface area (Å²) in [5.41, 5.74) is 2.09. The molecule has 1 fully saturated rings. The van der Waals surface area contributed by atoms with Crippen molar-refractivity contribution in [2.24, 2.45) is 0 Å². The van der Waals surface area contributed by atoms with Gasteiger partial charge in [-0.25, -0.2) is 14.8 Å². The van der Waals surface area contributed by atoms with Crippen molar-refractivity contribution >= 4 is 11.9 Å². The lowest BCUT2D eigenvalue weighted by atomic mass is 9.90. The number of anilines is 1. The van der Waals surface area contributed by atoms with E-state index in [4.69, 9.17) is 4.74 Å². The molecule has 0 radical (unpaired) electrons. The number of alkyl carbamates (subject to hydrolysis) is 1. The van der Waals surface area contributed by atoms with Gasteiger partial charge in [0, 0.05) is 23.3 Å². The molecule has 6 heteroatoms. The highest BCUT2D eigenvalue weighted by Crippen LogP contribution is 2.28. The van der Waals surface area contributed by atoms with Crippen LogP contribution < -0.4 is 10.6 Å². The lowest BCUT2D eigenvalue weighted by Gasteiger charge is -2.31. The lowest BCUT2D eigenvalue weighted by molar-refractivity contribution is 0.0492. The number of amides is 1. The zero-order chi connectivity index (χ0) is 18.7. The molecule has 1 amide bonds. The molecule has 6 nitrogen and oxygen atoms in total. The van der Waals surface area contributed by atoms with Crippen LogP contribution in [-0.4, -0.2) is 33.7 Å². The Bertz CT molecular complexity index is 646. The molecule has 0 saturated heterocycles. The standard InChI is InChI=1S/C20H32N4O2/c1-13-21-17-8-6-5-7-16(17)18(22-13)23-14-9-11-15(12-10-14)24-19(25)26-20(2,3)4/h14-15H,5-12H2,1-4H3,(H,24,25)(H,21,22,23). The van der Waals surface area contributed by atoms with E-state index < -0.39 is 5.60 Å². The maximum atomic E-state index is 11.9. The van der Waals surface area contributed by atoms with Gasteiger partial charge in [-0.05, 0) is 79.1 Å². The second-order valence-electron chi connectivity index (χ2n) is 8.59. The Morgan fingerprint density at radius 2 is 1.69 bits per heavy atom. The van der Waals surface area contributed by atoms with Gasteiger partial charge in [-0.15, -0.1) is 0 Å². The zero-order valence-corrected chi connectivity index (χ0v) is 16.5. The monoisotopic (exact) mass is 360 g/mol.